The SMILES string of the molecule is Cc1nn(C)c(C)c1/C=C/C(=O)N1CCCC(c2nnc3ccc(C(F)(F)F)cn23)C1. The fraction of sp³-hybridized carbons (Fsp3) is 0.429. The number of alkyl halides is 3. The van der Waals surface area contributed by atoms with E-state index in [9.17, 15) is 18.0 Å². The Morgan fingerprint density at radius 2 is 2.00 bits per heavy atom. The Kier molecular flexibility index (Phi) is 5.32. The lowest BCUT2D eigenvalue weighted by atomic mass is 9.97. The molecule has 10 heteroatoms. The molecule has 1 atom stereocenters. The summed E-state index contributed by atoms with van der Waals surface area (Å²) in [5.74, 6) is 0.116. The summed E-state index contributed by atoms with van der Waals surface area (Å²) in [6.45, 7) is 4.80. The lowest BCUT2D eigenvalue weighted by molar-refractivity contribution is -0.137. The molecule has 4 rings (SSSR count). The third kappa shape index (κ3) is 4.06. The summed E-state index contributed by atoms with van der Waals surface area (Å²) < 4.78 is 42.5. The van der Waals surface area contributed by atoms with Crippen LogP contribution in [0.15, 0.2) is 24.4 Å². The van der Waals surface area contributed by atoms with Gasteiger partial charge in [0.15, 0.2) is 5.65 Å². The van der Waals surface area contributed by atoms with E-state index in [0.29, 0.717) is 24.6 Å². The predicted molar refractivity (Wildman–Crippen MR) is 108 cm³/mol. The standard InChI is InChI=1S/C21H23F3N6O/c1-13-17(14(2)28(3)27-13)7-9-19(31)29-10-4-5-15(11-29)20-26-25-18-8-6-16(12-30(18)20)21(22,23)24/h6-9,12,15H,4-5,10-11H2,1-3H3/b9-7+. The molecule has 3 aromatic rings. The first-order valence-corrected chi connectivity index (χ1v) is 10.0. The normalized spacial score (nSPS) is 17.7. The Labute approximate surface area is 177 Å². The zero-order valence-corrected chi connectivity index (χ0v) is 17.5. The molecule has 7 nitrogen and oxygen atoms in total. The van der Waals surface area contributed by atoms with Gasteiger partial charge in [0.25, 0.3) is 0 Å². The number of carbonyl (C=O) groups is 1. The number of rotatable bonds is 3. The van der Waals surface area contributed by atoms with Crippen LogP contribution in [-0.2, 0) is 18.0 Å². The Balaban J connectivity index is 1.55. The molecule has 0 radical (unpaired) electrons. The van der Waals surface area contributed by atoms with Crippen molar-refractivity contribution in [3.05, 3.63) is 52.7 Å². The maximum absolute atomic E-state index is 13.1. The molecule has 0 saturated carbocycles. The number of piperidine rings is 1. The monoisotopic (exact) mass is 432 g/mol. The molecule has 0 N–H and O–H groups in total. The molecule has 0 aromatic carbocycles. The Morgan fingerprint density at radius 3 is 2.68 bits per heavy atom. The molecule has 3 aromatic heterocycles. The van der Waals surface area contributed by atoms with E-state index >= 15 is 0 Å². The van der Waals surface area contributed by atoms with Crippen LogP contribution >= 0.6 is 0 Å². The van der Waals surface area contributed by atoms with Crippen LogP contribution in [0.4, 0.5) is 13.2 Å². The summed E-state index contributed by atoms with van der Waals surface area (Å²) in [6, 6.07) is 2.31. The van der Waals surface area contributed by atoms with Crippen LogP contribution in [0.25, 0.3) is 11.7 Å². The van der Waals surface area contributed by atoms with Crippen LogP contribution in [0.5, 0.6) is 0 Å². The second-order valence-corrected chi connectivity index (χ2v) is 7.87. The van der Waals surface area contributed by atoms with Crippen molar-refractivity contribution in [2.75, 3.05) is 13.1 Å². The van der Waals surface area contributed by atoms with E-state index in [-0.39, 0.29) is 11.8 Å². The second-order valence-electron chi connectivity index (χ2n) is 7.87. The number of halogens is 3. The fourth-order valence-corrected chi connectivity index (χ4v) is 4.03. The predicted octanol–water partition coefficient (Wildman–Crippen LogP) is 3.52. The van der Waals surface area contributed by atoms with Gasteiger partial charge in [0.05, 0.1) is 11.3 Å². The van der Waals surface area contributed by atoms with Gasteiger partial charge in [0.1, 0.15) is 5.82 Å². The number of fused-ring (bicyclic) bond motifs is 1. The van der Waals surface area contributed by atoms with Crippen LogP contribution in [-0.4, -0.2) is 48.3 Å². The van der Waals surface area contributed by atoms with Crippen LogP contribution in [0, 0.1) is 13.8 Å². The topological polar surface area (TPSA) is 68.3 Å². The highest BCUT2D eigenvalue weighted by molar-refractivity contribution is 5.92. The molecule has 4 heterocycles. The zero-order chi connectivity index (χ0) is 22.3. The molecule has 31 heavy (non-hydrogen) atoms. The highest BCUT2D eigenvalue weighted by atomic mass is 19.4. The van der Waals surface area contributed by atoms with Gasteiger partial charge in [-0.25, -0.2) is 0 Å². The van der Waals surface area contributed by atoms with Gasteiger partial charge in [-0.15, -0.1) is 10.2 Å². The summed E-state index contributed by atoms with van der Waals surface area (Å²) in [7, 11) is 1.85. The minimum absolute atomic E-state index is 0.142. The smallest absolute Gasteiger partial charge is 0.338 e. The number of pyridine rings is 1. The number of carbonyl (C=O) groups excluding carboxylic acids is 1. The van der Waals surface area contributed by atoms with Gasteiger partial charge in [0, 0.05) is 49.6 Å². The number of hydrogen-bond donors (Lipinski definition) is 0. The van der Waals surface area contributed by atoms with Crippen molar-refractivity contribution in [2.45, 2.75) is 38.8 Å². The number of amides is 1. The van der Waals surface area contributed by atoms with Gasteiger partial charge in [0.2, 0.25) is 5.91 Å². The quantitative estimate of drug-likeness (QED) is 0.594. The van der Waals surface area contributed by atoms with E-state index in [2.05, 4.69) is 15.3 Å². The zero-order valence-electron chi connectivity index (χ0n) is 17.5. The van der Waals surface area contributed by atoms with Crippen molar-refractivity contribution in [3.63, 3.8) is 0 Å². The van der Waals surface area contributed by atoms with Gasteiger partial charge in [-0.3, -0.25) is 13.9 Å². The first kappa shape index (κ1) is 21.1. The van der Waals surface area contributed by atoms with Gasteiger partial charge in [-0.05, 0) is 44.9 Å². The average Bonchev–Trinajstić information content (AvgIpc) is 3.26. The third-order valence-electron chi connectivity index (χ3n) is 5.81. The summed E-state index contributed by atoms with van der Waals surface area (Å²) in [5, 5.41) is 12.5. The van der Waals surface area contributed by atoms with Gasteiger partial charge < -0.3 is 4.90 Å². The molecule has 1 fully saturated rings. The highest BCUT2D eigenvalue weighted by Crippen LogP contribution is 2.31. The largest absolute Gasteiger partial charge is 0.417 e. The van der Waals surface area contributed by atoms with E-state index in [0.717, 1.165) is 42.1 Å². The molecule has 1 amide bonds. The summed E-state index contributed by atoms with van der Waals surface area (Å²) >= 11 is 0. The second kappa shape index (κ2) is 7.82. The van der Waals surface area contributed by atoms with Gasteiger partial charge >= 0.3 is 6.18 Å². The molecule has 0 bridgehead atoms. The molecule has 0 aliphatic carbocycles. The van der Waals surface area contributed by atoms with Crippen LogP contribution in [0.3, 0.4) is 0 Å². The molecule has 1 aliphatic heterocycles. The molecule has 1 saturated heterocycles. The van der Waals surface area contributed by atoms with E-state index in [1.54, 1.807) is 15.7 Å². The Morgan fingerprint density at radius 1 is 1.23 bits per heavy atom. The summed E-state index contributed by atoms with van der Waals surface area (Å²) in [6.07, 6.45) is 1.35. The van der Waals surface area contributed by atoms with Crippen molar-refractivity contribution in [3.8, 4) is 0 Å². The lowest BCUT2D eigenvalue weighted by Crippen LogP contribution is -2.38. The first-order valence-electron chi connectivity index (χ1n) is 10.0. The van der Waals surface area contributed by atoms with Crippen LogP contribution in [0.1, 0.15) is 47.1 Å². The molecule has 0 spiro atoms. The minimum Gasteiger partial charge on any atom is -0.338 e. The minimum atomic E-state index is -4.45. The molecule has 1 unspecified atom stereocenters. The highest BCUT2D eigenvalue weighted by Gasteiger charge is 2.32. The lowest BCUT2D eigenvalue weighted by Gasteiger charge is -2.31. The molecule has 164 valence electrons. The maximum Gasteiger partial charge on any atom is 0.417 e. The van der Waals surface area contributed by atoms with Crippen molar-refractivity contribution >= 4 is 17.6 Å². The molecule has 1 aliphatic rings. The number of nitrogens with zero attached hydrogens (tertiary/aromatic N) is 6. The van der Waals surface area contributed by atoms with Crippen molar-refractivity contribution in [2.24, 2.45) is 7.05 Å². The van der Waals surface area contributed by atoms with E-state index in [4.69, 9.17) is 0 Å². The molecular formula is C21H23F3N6O. The summed E-state index contributed by atoms with van der Waals surface area (Å²) in [5.41, 5.74) is 2.32. The van der Waals surface area contributed by atoms with Crippen molar-refractivity contribution in [1.82, 2.24) is 29.3 Å². The third-order valence-corrected chi connectivity index (χ3v) is 5.81. The summed E-state index contributed by atoms with van der Waals surface area (Å²) in [4.78, 5) is 14.5. The number of aryl methyl sites for hydroxylation is 2. The van der Waals surface area contributed by atoms with E-state index < -0.39 is 11.7 Å². The first-order chi connectivity index (χ1) is 14.6. The van der Waals surface area contributed by atoms with Crippen LogP contribution in [0.2, 0.25) is 0 Å². The maximum atomic E-state index is 13.1. The molecular weight excluding hydrogens is 409 g/mol. The fourth-order valence-electron chi connectivity index (χ4n) is 4.03. The number of hydrogen-bond acceptors (Lipinski definition) is 4. The number of aromatic nitrogens is 5. The van der Waals surface area contributed by atoms with Gasteiger partial charge in [-0.1, -0.05) is 0 Å². The number of likely N-dealkylation sites (tertiary alicyclic amines) is 1. The van der Waals surface area contributed by atoms with Crippen molar-refractivity contribution < 1.29 is 18.0 Å². The van der Waals surface area contributed by atoms with Crippen molar-refractivity contribution in [1.29, 1.82) is 0 Å². The van der Waals surface area contributed by atoms with E-state index in [1.165, 1.54) is 16.5 Å². The Hall–Kier alpha value is -3.17. The average molecular weight is 432 g/mol. The van der Waals surface area contributed by atoms with Gasteiger partial charge in [-0.2, -0.15) is 18.3 Å². The Bertz CT molecular complexity index is 1160. The van der Waals surface area contributed by atoms with Crippen LogP contribution < -0.4 is 0 Å². The van der Waals surface area contributed by atoms with E-state index in [1.807, 2.05) is 20.9 Å².